The van der Waals surface area contributed by atoms with E-state index in [0.717, 1.165) is 49.0 Å². The van der Waals surface area contributed by atoms with Crippen molar-refractivity contribution in [1.82, 2.24) is 0 Å². The summed E-state index contributed by atoms with van der Waals surface area (Å²) in [6, 6.07) is 13.1. The molecule has 1 saturated carbocycles. The number of fused-ring (bicyclic) bond motifs is 1. The van der Waals surface area contributed by atoms with E-state index in [1.165, 1.54) is 4.31 Å². The van der Waals surface area contributed by atoms with Gasteiger partial charge in [-0.05, 0) is 54.7 Å². The van der Waals surface area contributed by atoms with Crippen LogP contribution in [0.3, 0.4) is 0 Å². The minimum absolute atomic E-state index is 0.0625. The van der Waals surface area contributed by atoms with Gasteiger partial charge in [0.05, 0.1) is 18.2 Å². The predicted molar refractivity (Wildman–Crippen MR) is 117 cm³/mol. The Labute approximate surface area is 177 Å². The van der Waals surface area contributed by atoms with Gasteiger partial charge in [0.15, 0.2) is 0 Å². The fraction of sp³-hybridized carbons (Fsp3) is 0.409. The molecule has 1 aliphatic carbocycles. The summed E-state index contributed by atoms with van der Waals surface area (Å²) in [6.45, 7) is 0.321. The number of nitrogens with zero attached hydrogens (tertiary/aromatic N) is 1. The molecule has 0 spiro atoms. The second-order valence-corrected chi connectivity index (χ2v) is 9.51. The number of methoxy groups -OCH3 is 1. The number of ether oxygens (including phenoxy) is 1. The van der Waals surface area contributed by atoms with E-state index in [1.807, 2.05) is 36.4 Å². The van der Waals surface area contributed by atoms with Gasteiger partial charge in [0.1, 0.15) is 5.75 Å². The van der Waals surface area contributed by atoms with Crippen LogP contribution in [0, 0.1) is 0 Å². The quantitative estimate of drug-likeness (QED) is 0.762. The van der Waals surface area contributed by atoms with E-state index >= 15 is 0 Å². The summed E-state index contributed by atoms with van der Waals surface area (Å²) in [5.74, 6) is 0.694. The molecule has 160 valence electrons. The number of carbonyl (C=O) groups is 1. The van der Waals surface area contributed by atoms with Gasteiger partial charge in [0.25, 0.3) is 10.2 Å². The second kappa shape index (κ2) is 7.92. The van der Waals surface area contributed by atoms with Crippen LogP contribution >= 0.6 is 0 Å². The van der Waals surface area contributed by atoms with Gasteiger partial charge in [0, 0.05) is 12.2 Å². The molecular formula is C22H27N3O4S. The van der Waals surface area contributed by atoms with E-state index in [2.05, 4.69) is 5.32 Å². The topological polar surface area (TPSA) is 102 Å². The number of hydrogen-bond acceptors (Lipinski definition) is 4. The molecule has 8 heteroatoms. The number of nitrogens with two attached hydrogens (primary N) is 1. The lowest BCUT2D eigenvalue weighted by Crippen LogP contribution is -2.42. The predicted octanol–water partition coefficient (Wildman–Crippen LogP) is 3.10. The van der Waals surface area contributed by atoms with Gasteiger partial charge in [-0.15, -0.1) is 0 Å². The third kappa shape index (κ3) is 3.77. The Morgan fingerprint density at radius 1 is 1.10 bits per heavy atom. The number of nitrogens with one attached hydrogen (secondary N) is 1. The van der Waals surface area contributed by atoms with Gasteiger partial charge in [-0.3, -0.25) is 9.10 Å². The maximum atomic E-state index is 13.5. The molecule has 1 amide bonds. The molecular weight excluding hydrogens is 402 g/mol. The van der Waals surface area contributed by atoms with Crippen molar-refractivity contribution < 1.29 is 17.9 Å². The van der Waals surface area contributed by atoms with Crippen molar-refractivity contribution in [2.75, 3.05) is 23.3 Å². The molecule has 0 aromatic heterocycles. The highest BCUT2D eigenvalue weighted by atomic mass is 32.2. The number of anilines is 2. The van der Waals surface area contributed by atoms with Gasteiger partial charge in [-0.1, -0.05) is 37.5 Å². The number of carbonyl (C=O) groups excluding carboxylic acids is 1. The van der Waals surface area contributed by atoms with Crippen molar-refractivity contribution in [3.8, 4) is 5.75 Å². The molecule has 0 unspecified atom stereocenters. The Morgan fingerprint density at radius 3 is 2.43 bits per heavy atom. The summed E-state index contributed by atoms with van der Waals surface area (Å²) in [5.41, 5.74) is 2.39. The molecule has 0 atom stereocenters. The zero-order valence-electron chi connectivity index (χ0n) is 17.1. The Kier molecular flexibility index (Phi) is 5.46. The van der Waals surface area contributed by atoms with Gasteiger partial charge >= 0.3 is 0 Å². The Morgan fingerprint density at radius 2 is 1.80 bits per heavy atom. The molecule has 1 heterocycles. The van der Waals surface area contributed by atoms with Crippen molar-refractivity contribution in [3.63, 3.8) is 0 Å². The van der Waals surface area contributed by atoms with E-state index in [4.69, 9.17) is 9.88 Å². The Bertz CT molecular complexity index is 1040. The lowest BCUT2D eigenvalue weighted by molar-refractivity contribution is -0.122. The zero-order chi connectivity index (χ0) is 21.4. The summed E-state index contributed by atoms with van der Waals surface area (Å²) in [7, 11) is -2.21. The molecule has 0 bridgehead atoms. The Balaban J connectivity index is 1.64. The van der Waals surface area contributed by atoms with Gasteiger partial charge < -0.3 is 10.1 Å². The van der Waals surface area contributed by atoms with E-state index < -0.39 is 15.6 Å². The van der Waals surface area contributed by atoms with E-state index in [9.17, 15) is 13.2 Å². The van der Waals surface area contributed by atoms with Crippen LogP contribution in [0.2, 0.25) is 0 Å². The molecule has 1 aliphatic heterocycles. The first-order valence-electron chi connectivity index (χ1n) is 10.2. The molecule has 0 saturated heterocycles. The summed E-state index contributed by atoms with van der Waals surface area (Å²) < 4.78 is 30.2. The van der Waals surface area contributed by atoms with Crippen LogP contribution in [-0.4, -0.2) is 28.0 Å². The standard InChI is InChI=1S/C22H27N3O4S/c1-29-19-9-6-17(7-10-19)22(12-3-2-4-13-22)21(26)24-18-8-5-16-11-14-25(20(16)15-18)30(23,27)28/h5-10,15H,2-4,11-14H2,1H3,(H,24,26)(H2,23,27,28). The van der Waals surface area contributed by atoms with Gasteiger partial charge in [-0.25, -0.2) is 5.14 Å². The summed E-state index contributed by atoms with van der Waals surface area (Å²) >= 11 is 0. The average Bonchev–Trinajstić information content (AvgIpc) is 3.18. The molecule has 4 rings (SSSR count). The lowest BCUT2D eigenvalue weighted by Gasteiger charge is -2.36. The zero-order valence-corrected chi connectivity index (χ0v) is 17.9. The highest BCUT2D eigenvalue weighted by Gasteiger charge is 2.41. The van der Waals surface area contributed by atoms with Crippen molar-refractivity contribution >= 4 is 27.5 Å². The first-order chi connectivity index (χ1) is 14.3. The first-order valence-corrected chi connectivity index (χ1v) is 11.7. The van der Waals surface area contributed by atoms with E-state index in [1.54, 1.807) is 13.2 Å². The van der Waals surface area contributed by atoms with Crippen LogP contribution in [0.4, 0.5) is 11.4 Å². The first kappa shape index (κ1) is 20.7. The largest absolute Gasteiger partial charge is 0.497 e. The summed E-state index contributed by atoms with van der Waals surface area (Å²) in [5, 5.41) is 8.39. The van der Waals surface area contributed by atoms with Crippen LogP contribution < -0.4 is 19.5 Å². The smallest absolute Gasteiger partial charge is 0.299 e. The van der Waals surface area contributed by atoms with Crippen molar-refractivity contribution in [3.05, 3.63) is 53.6 Å². The summed E-state index contributed by atoms with van der Waals surface area (Å²) in [6.07, 6.45) is 5.26. The fourth-order valence-corrected chi connectivity index (χ4v) is 5.44. The maximum absolute atomic E-state index is 13.5. The highest BCUT2D eigenvalue weighted by molar-refractivity contribution is 7.90. The van der Waals surface area contributed by atoms with Crippen molar-refractivity contribution in [1.29, 1.82) is 0 Å². The minimum atomic E-state index is -3.83. The number of amides is 1. The molecule has 30 heavy (non-hydrogen) atoms. The third-order valence-corrected chi connectivity index (χ3v) is 7.28. The average molecular weight is 430 g/mol. The molecule has 3 N–H and O–H groups in total. The molecule has 2 aromatic carbocycles. The van der Waals surface area contributed by atoms with E-state index in [0.29, 0.717) is 24.3 Å². The third-order valence-electron chi connectivity index (χ3n) is 6.29. The normalized spacial score (nSPS) is 18.0. The minimum Gasteiger partial charge on any atom is -0.497 e. The SMILES string of the molecule is COc1ccc(C2(C(=O)Nc3ccc4c(c3)N(S(N)(=O)=O)CC4)CCCCC2)cc1. The number of hydrogen-bond donors (Lipinski definition) is 2. The van der Waals surface area contributed by atoms with Crippen LogP contribution in [-0.2, 0) is 26.8 Å². The van der Waals surface area contributed by atoms with Gasteiger partial charge in [0.2, 0.25) is 5.91 Å². The van der Waals surface area contributed by atoms with Crippen LogP contribution in [0.15, 0.2) is 42.5 Å². The van der Waals surface area contributed by atoms with E-state index in [-0.39, 0.29) is 5.91 Å². The molecule has 2 aliphatic rings. The molecule has 2 aromatic rings. The number of benzene rings is 2. The van der Waals surface area contributed by atoms with Crippen LogP contribution in [0.25, 0.3) is 0 Å². The van der Waals surface area contributed by atoms with Crippen molar-refractivity contribution in [2.24, 2.45) is 5.14 Å². The summed E-state index contributed by atoms with van der Waals surface area (Å²) in [4.78, 5) is 13.5. The highest BCUT2D eigenvalue weighted by Crippen LogP contribution is 2.41. The lowest BCUT2D eigenvalue weighted by atomic mass is 9.68. The molecule has 1 fully saturated rings. The number of rotatable bonds is 5. The molecule has 0 radical (unpaired) electrons. The van der Waals surface area contributed by atoms with Crippen LogP contribution in [0.5, 0.6) is 5.75 Å². The fourth-order valence-electron chi connectivity index (χ4n) is 4.65. The maximum Gasteiger partial charge on any atom is 0.299 e. The van der Waals surface area contributed by atoms with Gasteiger partial charge in [-0.2, -0.15) is 8.42 Å². The van der Waals surface area contributed by atoms with Crippen LogP contribution in [0.1, 0.15) is 43.2 Å². The molecule has 7 nitrogen and oxygen atoms in total. The second-order valence-electron chi connectivity index (χ2n) is 8.04. The Hall–Kier alpha value is -2.58. The monoisotopic (exact) mass is 429 g/mol. The van der Waals surface area contributed by atoms with Crippen molar-refractivity contribution in [2.45, 2.75) is 43.9 Å².